The van der Waals surface area contributed by atoms with Gasteiger partial charge in [-0.2, -0.15) is 0 Å². The Balaban J connectivity index is 0. The van der Waals surface area contributed by atoms with Gasteiger partial charge >= 0.3 is 0 Å². The van der Waals surface area contributed by atoms with Gasteiger partial charge in [-0.3, -0.25) is 4.79 Å². The number of nitrogens with zero attached hydrogens (tertiary/aromatic N) is 3. The van der Waals surface area contributed by atoms with Crippen LogP contribution >= 0.6 is 0 Å². The van der Waals surface area contributed by atoms with Crippen LogP contribution in [0.5, 0.6) is 0 Å². The first kappa shape index (κ1) is 19.1. The van der Waals surface area contributed by atoms with Gasteiger partial charge in [0.2, 0.25) is 0 Å². The first-order valence-corrected chi connectivity index (χ1v) is 6.29. The zero-order valence-corrected chi connectivity index (χ0v) is 12.0. The summed E-state index contributed by atoms with van der Waals surface area (Å²) in [6.07, 6.45) is 1.64. The number of hydrogen-bond donors (Lipinski definition) is 1. The zero-order chi connectivity index (χ0) is 14.4. The first-order valence-electron chi connectivity index (χ1n) is 6.29. The number of aliphatic hydroxyl groups is 1. The monoisotopic (exact) mass is 259 g/mol. The molecule has 106 valence electrons. The summed E-state index contributed by atoms with van der Waals surface area (Å²) in [4.78, 5) is 10.5. The molecule has 0 bridgehead atoms. The van der Waals surface area contributed by atoms with E-state index in [0.29, 0.717) is 18.8 Å². The average Bonchev–Trinajstić information content (AvgIpc) is 2.87. The van der Waals surface area contributed by atoms with E-state index in [2.05, 4.69) is 10.3 Å². The van der Waals surface area contributed by atoms with Crippen LogP contribution in [0.25, 0.3) is 0 Å². The Bertz CT molecular complexity index is 301. The summed E-state index contributed by atoms with van der Waals surface area (Å²) in [6, 6.07) is 0. The summed E-state index contributed by atoms with van der Waals surface area (Å²) in [5, 5.41) is 16.1. The highest BCUT2D eigenvalue weighted by Gasteiger charge is 1.99. The van der Waals surface area contributed by atoms with Crippen molar-refractivity contribution in [3.05, 3.63) is 11.9 Å². The number of Topliss-reactive ketones (excluding diaryl/α,β-unsaturated/α-hetero) is 1. The van der Waals surface area contributed by atoms with Crippen LogP contribution in [-0.2, 0) is 22.7 Å². The van der Waals surface area contributed by atoms with E-state index in [1.165, 1.54) is 6.92 Å². The van der Waals surface area contributed by atoms with Gasteiger partial charge < -0.3 is 9.84 Å². The number of ketones is 1. The summed E-state index contributed by atoms with van der Waals surface area (Å²) < 4.78 is 6.60. The molecule has 0 aliphatic heterocycles. The average molecular weight is 259 g/mol. The van der Waals surface area contributed by atoms with E-state index in [9.17, 15) is 4.79 Å². The summed E-state index contributed by atoms with van der Waals surface area (Å²) >= 11 is 0. The third-order valence-corrected chi connectivity index (χ3v) is 1.52. The number of hydrogen-bond acceptors (Lipinski definition) is 5. The smallest absolute Gasteiger partial charge is 0.155 e. The van der Waals surface area contributed by atoms with Crippen LogP contribution in [0.1, 0.15) is 40.3 Å². The van der Waals surface area contributed by atoms with Crippen molar-refractivity contribution >= 4 is 5.78 Å². The second-order valence-corrected chi connectivity index (χ2v) is 2.89. The Morgan fingerprint density at radius 1 is 1.39 bits per heavy atom. The molecule has 0 fully saturated rings. The summed E-state index contributed by atoms with van der Waals surface area (Å²) in [6.45, 7) is 10.4. The van der Waals surface area contributed by atoms with Gasteiger partial charge in [-0.25, -0.2) is 4.68 Å². The number of carbonyl (C=O) groups excluding carboxylic acids is 1. The quantitative estimate of drug-likeness (QED) is 0.782. The maximum atomic E-state index is 10.5. The third kappa shape index (κ3) is 9.92. The molecule has 1 rings (SSSR count). The number of rotatable bonds is 6. The molecule has 6 nitrogen and oxygen atoms in total. The molecule has 0 aliphatic carbocycles. The molecule has 0 saturated heterocycles. The van der Waals surface area contributed by atoms with Gasteiger partial charge in [-0.05, 0) is 6.92 Å². The fraction of sp³-hybridized carbons (Fsp3) is 0.750. The number of aliphatic hydroxyl groups excluding tert-OH is 1. The molecule has 0 saturated carbocycles. The van der Waals surface area contributed by atoms with E-state index in [4.69, 9.17) is 9.84 Å². The Morgan fingerprint density at radius 3 is 2.44 bits per heavy atom. The van der Waals surface area contributed by atoms with Gasteiger partial charge in [-0.15, -0.1) is 5.10 Å². The lowest BCUT2D eigenvalue weighted by molar-refractivity contribution is -0.121. The van der Waals surface area contributed by atoms with Crippen molar-refractivity contribution in [3.63, 3.8) is 0 Å². The number of ether oxygens (including phenoxy) is 1. The maximum absolute atomic E-state index is 10.5. The molecule has 0 amide bonds. The molecule has 1 heterocycles. The Labute approximate surface area is 109 Å². The van der Waals surface area contributed by atoms with E-state index in [-0.39, 0.29) is 19.0 Å². The van der Waals surface area contributed by atoms with E-state index in [1.54, 1.807) is 10.9 Å². The molecule has 0 unspecified atom stereocenters. The predicted octanol–water partition coefficient (Wildman–Crippen LogP) is 1.43. The lowest BCUT2D eigenvalue weighted by Crippen LogP contribution is -2.10. The standard InChI is InChI=1S/C8H13N3O3.2C2H6/c1-7(13)6-14-3-2-11-4-8(5-12)9-10-11;2*1-2/h4,12H,2-3,5-6H2,1H3;2*1-2H3. The molecule has 18 heavy (non-hydrogen) atoms. The van der Waals surface area contributed by atoms with Gasteiger partial charge in [0.1, 0.15) is 12.3 Å². The Hall–Kier alpha value is -1.27. The van der Waals surface area contributed by atoms with Gasteiger partial charge in [-0.1, -0.05) is 32.9 Å². The lowest BCUT2D eigenvalue weighted by Gasteiger charge is -2.00. The highest BCUT2D eigenvalue weighted by atomic mass is 16.5. The SMILES string of the molecule is CC.CC.CC(=O)COCCn1cc(CO)nn1. The molecule has 0 aliphatic rings. The fourth-order valence-electron chi connectivity index (χ4n) is 0.894. The number of aromatic nitrogens is 3. The molecule has 0 atom stereocenters. The molecule has 1 aromatic rings. The van der Waals surface area contributed by atoms with Crippen LogP contribution in [0.3, 0.4) is 0 Å². The van der Waals surface area contributed by atoms with Crippen LogP contribution in [-0.4, -0.2) is 39.1 Å². The third-order valence-electron chi connectivity index (χ3n) is 1.52. The topological polar surface area (TPSA) is 77.2 Å². The first-order chi connectivity index (χ1) is 8.72. The van der Waals surface area contributed by atoms with Gasteiger partial charge in [0.05, 0.1) is 26.0 Å². The van der Waals surface area contributed by atoms with Crippen LogP contribution in [0, 0.1) is 0 Å². The van der Waals surface area contributed by atoms with Crippen LogP contribution < -0.4 is 0 Å². The zero-order valence-electron chi connectivity index (χ0n) is 12.0. The molecule has 0 radical (unpaired) electrons. The predicted molar refractivity (Wildman–Crippen MR) is 70.1 cm³/mol. The molecule has 1 aromatic heterocycles. The van der Waals surface area contributed by atoms with E-state index < -0.39 is 0 Å². The van der Waals surface area contributed by atoms with Crippen LogP contribution in [0.2, 0.25) is 0 Å². The second-order valence-electron chi connectivity index (χ2n) is 2.89. The molecular formula is C12H25N3O3. The van der Waals surface area contributed by atoms with Crippen LogP contribution in [0.15, 0.2) is 6.20 Å². The minimum atomic E-state index is -0.117. The van der Waals surface area contributed by atoms with Crippen molar-refractivity contribution in [2.24, 2.45) is 0 Å². The highest BCUT2D eigenvalue weighted by Crippen LogP contribution is 1.92. The van der Waals surface area contributed by atoms with Crippen molar-refractivity contribution in [1.29, 1.82) is 0 Å². The van der Waals surface area contributed by atoms with Gasteiger partial charge in [0.25, 0.3) is 0 Å². The van der Waals surface area contributed by atoms with Crippen molar-refractivity contribution < 1.29 is 14.6 Å². The van der Waals surface area contributed by atoms with Crippen molar-refractivity contribution in [2.45, 2.75) is 47.8 Å². The summed E-state index contributed by atoms with van der Waals surface area (Å²) in [5.74, 6) is -0.000336. The Kier molecular flexibility index (Phi) is 14.6. The minimum Gasteiger partial charge on any atom is -0.390 e. The number of carbonyl (C=O) groups is 1. The van der Waals surface area contributed by atoms with Crippen molar-refractivity contribution in [3.8, 4) is 0 Å². The van der Waals surface area contributed by atoms with Crippen molar-refractivity contribution in [1.82, 2.24) is 15.0 Å². The van der Waals surface area contributed by atoms with E-state index in [0.717, 1.165) is 0 Å². The molecule has 1 N–H and O–H groups in total. The van der Waals surface area contributed by atoms with E-state index in [1.807, 2.05) is 27.7 Å². The summed E-state index contributed by atoms with van der Waals surface area (Å²) in [7, 11) is 0. The second kappa shape index (κ2) is 13.8. The maximum Gasteiger partial charge on any atom is 0.155 e. The molecule has 6 heteroatoms. The largest absolute Gasteiger partial charge is 0.390 e. The molecular weight excluding hydrogens is 234 g/mol. The summed E-state index contributed by atoms with van der Waals surface area (Å²) in [5.41, 5.74) is 0.525. The van der Waals surface area contributed by atoms with Crippen LogP contribution in [0.4, 0.5) is 0 Å². The molecule has 0 spiro atoms. The lowest BCUT2D eigenvalue weighted by atomic mass is 10.5. The Morgan fingerprint density at radius 2 is 2.00 bits per heavy atom. The highest BCUT2D eigenvalue weighted by molar-refractivity contribution is 5.76. The van der Waals surface area contributed by atoms with Gasteiger partial charge in [0.15, 0.2) is 5.78 Å². The van der Waals surface area contributed by atoms with E-state index >= 15 is 0 Å². The van der Waals surface area contributed by atoms with Crippen molar-refractivity contribution in [2.75, 3.05) is 13.2 Å². The normalized spacial score (nSPS) is 8.78. The van der Waals surface area contributed by atoms with Gasteiger partial charge in [0, 0.05) is 0 Å². The minimum absolute atomic E-state index is 0.000336. The molecule has 0 aromatic carbocycles. The fourth-order valence-corrected chi connectivity index (χ4v) is 0.894.